The molecule has 5 nitrogen and oxygen atoms in total. The van der Waals surface area contributed by atoms with Gasteiger partial charge in [-0.25, -0.2) is 0 Å². The molecular weight excluding hydrogens is 314 g/mol. The summed E-state index contributed by atoms with van der Waals surface area (Å²) < 4.78 is 11.5. The molecule has 2 aliphatic carbocycles. The molecule has 23 heavy (non-hydrogen) atoms. The van der Waals surface area contributed by atoms with E-state index in [1.807, 2.05) is 7.05 Å². The van der Waals surface area contributed by atoms with Gasteiger partial charge in [0.25, 0.3) is 0 Å². The van der Waals surface area contributed by atoms with Crippen LogP contribution in [0.1, 0.15) is 67.7 Å². The normalized spacial score (nSPS) is 29.9. The molecule has 6 heteroatoms. The predicted octanol–water partition coefficient (Wildman–Crippen LogP) is 3.63. The van der Waals surface area contributed by atoms with Crippen LogP contribution < -0.4 is 5.32 Å². The van der Waals surface area contributed by atoms with Crippen LogP contribution in [0.2, 0.25) is 0 Å². The summed E-state index contributed by atoms with van der Waals surface area (Å²) in [5, 5.41) is 7.28. The van der Waals surface area contributed by atoms with E-state index in [2.05, 4.69) is 41.4 Å². The Kier molecular flexibility index (Phi) is 4.52. The van der Waals surface area contributed by atoms with Crippen molar-refractivity contribution in [2.24, 2.45) is 5.92 Å². The van der Waals surface area contributed by atoms with E-state index in [-0.39, 0.29) is 12.4 Å². The summed E-state index contributed by atoms with van der Waals surface area (Å²) in [6, 6.07) is 4.63. The van der Waals surface area contributed by atoms with Crippen molar-refractivity contribution < 1.29 is 8.94 Å². The van der Waals surface area contributed by atoms with Crippen molar-refractivity contribution in [1.82, 2.24) is 15.5 Å². The summed E-state index contributed by atoms with van der Waals surface area (Å²) in [6.07, 6.45) is 3.11. The number of furan rings is 1. The third kappa shape index (κ3) is 3.31. The van der Waals surface area contributed by atoms with Crippen molar-refractivity contribution in [3.8, 4) is 0 Å². The Hall–Kier alpha value is -1.33. The third-order valence-electron chi connectivity index (χ3n) is 5.06. The fraction of sp³-hybridized carbons (Fsp3) is 0.647. The zero-order valence-corrected chi connectivity index (χ0v) is 14.6. The fourth-order valence-electron chi connectivity index (χ4n) is 3.14. The number of nitrogens with one attached hydrogen (secondary N) is 1. The second kappa shape index (κ2) is 6.29. The minimum Gasteiger partial charge on any atom is -0.465 e. The highest BCUT2D eigenvalue weighted by Crippen LogP contribution is 2.56. The van der Waals surface area contributed by atoms with Gasteiger partial charge in [0.15, 0.2) is 5.82 Å². The molecule has 2 heterocycles. The van der Waals surface area contributed by atoms with E-state index in [0.717, 1.165) is 42.0 Å². The summed E-state index contributed by atoms with van der Waals surface area (Å²) >= 11 is 0. The summed E-state index contributed by atoms with van der Waals surface area (Å²) in [5.74, 6) is 5.96. The van der Waals surface area contributed by atoms with E-state index in [9.17, 15) is 0 Å². The Labute approximate surface area is 142 Å². The molecule has 0 aromatic carbocycles. The number of hydrogen-bond acceptors (Lipinski definition) is 5. The first-order valence-corrected chi connectivity index (χ1v) is 8.25. The first-order valence-electron chi connectivity index (χ1n) is 8.25. The van der Waals surface area contributed by atoms with Gasteiger partial charge in [0.05, 0.1) is 0 Å². The molecule has 0 saturated heterocycles. The highest BCUT2D eigenvalue weighted by Gasteiger charge is 2.46. The Bertz CT molecular complexity index is 668. The molecular formula is C17H24ClN3O2. The molecule has 0 spiro atoms. The third-order valence-corrected chi connectivity index (χ3v) is 5.06. The quantitative estimate of drug-likeness (QED) is 0.872. The summed E-state index contributed by atoms with van der Waals surface area (Å²) in [4.78, 5) is 4.54. The Morgan fingerprint density at radius 2 is 1.91 bits per heavy atom. The number of aromatic nitrogens is 2. The van der Waals surface area contributed by atoms with Crippen LogP contribution in [0.5, 0.6) is 0 Å². The summed E-state index contributed by atoms with van der Waals surface area (Å²) in [7, 11) is 1.94. The van der Waals surface area contributed by atoms with Gasteiger partial charge >= 0.3 is 0 Å². The molecule has 2 aliphatic rings. The van der Waals surface area contributed by atoms with Crippen LogP contribution in [0, 0.1) is 5.92 Å². The Morgan fingerprint density at radius 1 is 1.22 bits per heavy atom. The zero-order chi connectivity index (χ0) is 15.3. The molecule has 5 atom stereocenters. The van der Waals surface area contributed by atoms with Gasteiger partial charge < -0.3 is 14.3 Å². The maximum absolute atomic E-state index is 6.04. The van der Waals surface area contributed by atoms with E-state index in [1.54, 1.807) is 0 Å². The lowest BCUT2D eigenvalue weighted by Gasteiger charge is -2.04. The monoisotopic (exact) mass is 337 g/mol. The average molecular weight is 338 g/mol. The summed E-state index contributed by atoms with van der Waals surface area (Å²) in [5.41, 5.74) is 0. The van der Waals surface area contributed by atoms with Crippen LogP contribution in [0.25, 0.3) is 0 Å². The molecule has 2 aromatic rings. The number of rotatable bonds is 6. The molecule has 2 saturated carbocycles. The molecule has 0 aliphatic heterocycles. The largest absolute Gasteiger partial charge is 0.465 e. The van der Waals surface area contributed by atoms with Crippen molar-refractivity contribution in [1.29, 1.82) is 0 Å². The molecule has 2 fully saturated rings. The minimum atomic E-state index is 0. The highest BCUT2D eigenvalue weighted by molar-refractivity contribution is 5.85. The highest BCUT2D eigenvalue weighted by atomic mass is 35.5. The average Bonchev–Trinajstić information content (AvgIpc) is 3.34. The van der Waals surface area contributed by atoms with Crippen LogP contribution in [0.15, 0.2) is 21.1 Å². The standard InChI is InChI=1S/C17H23N3O2.ClH/c1-9-6-11(9)14-4-5-15(21-14)12-8-13(12)17-19-16(20-22-17)7-10(2)18-3;/h4-5,9-13,18H,6-8H2,1-3H3;1H. The van der Waals surface area contributed by atoms with E-state index in [1.165, 1.54) is 6.42 Å². The smallest absolute Gasteiger partial charge is 0.230 e. The minimum absolute atomic E-state index is 0. The van der Waals surface area contributed by atoms with E-state index >= 15 is 0 Å². The van der Waals surface area contributed by atoms with Crippen molar-refractivity contribution in [3.63, 3.8) is 0 Å². The maximum atomic E-state index is 6.04. The predicted molar refractivity (Wildman–Crippen MR) is 89.1 cm³/mol. The number of halogens is 1. The lowest BCUT2D eigenvalue weighted by Crippen LogP contribution is -2.24. The van der Waals surface area contributed by atoms with E-state index in [4.69, 9.17) is 8.94 Å². The van der Waals surface area contributed by atoms with Gasteiger partial charge in [-0.2, -0.15) is 4.98 Å². The van der Waals surface area contributed by atoms with Crippen LogP contribution in [0.4, 0.5) is 0 Å². The topological polar surface area (TPSA) is 64.1 Å². The summed E-state index contributed by atoms with van der Waals surface area (Å²) in [6.45, 7) is 4.39. The lowest BCUT2D eigenvalue weighted by atomic mass is 10.2. The lowest BCUT2D eigenvalue weighted by molar-refractivity contribution is 0.368. The molecule has 5 unspecified atom stereocenters. The van der Waals surface area contributed by atoms with Crippen LogP contribution in [0.3, 0.4) is 0 Å². The van der Waals surface area contributed by atoms with Crippen molar-refractivity contribution in [3.05, 3.63) is 35.4 Å². The van der Waals surface area contributed by atoms with Gasteiger partial charge in [-0.15, -0.1) is 12.4 Å². The zero-order valence-electron chi connectivity index (χ0n) is 13.8. The molecule has 0 amide bonds. The fourth-order valence-corrected chi connectivity index (χ4v) is 3.14. The number of likely N-dealkylation sites (N-methyl/N-ethyl adjacent to an activating group) is 1. The van der Waals surface area contributed by atoms with Crippen LogP contribution in [-0.2, 0) is 6.42 Å². The maximum Gasteiger partial charge on any atom is 0.230 e. The van der Waals surface area contributed by atoms with Crippen molar-refractivity contribution in [2.75, 3.05) is 7.05 Å². The van der Waals surface area contributed by atoms with Gasteiger partial charge in [0.1, 0.15) is 11.5 Å². The van der Waals surface area contributed by atoms with Gasteiger partial charge in [-0.05, 0) is 44.9 Å². The van der Waals surface area contributed by atoms with Crippen LogP contribution >= 0.6 is 12.4 Å². The van der Waals surface area contributed by atoms with Gasteiger partial charge in [0.2, 0.25) is 5.89 Å². The van der Waals surface area contributed by atoms with Gasteiger partial charge in [-0.1, -0.05) is 12.1 Å². The van der Waals surface area contributed by atoms with E-state index in [0.29, 0.717) is 23.8 Å². The van der Waals surface area contributed by atoms with Crippen molar-refractivity contribution >= 4 is 12.4 Å². The van der Waals surface area contributed by atoms with Crippen LogP contribution in [-0.4, -0.2) is 23.2 Å². The van der Waals surface area contributed by atoms with E-state index < -0.39 is 0 Å². The van der Waals surface area contributed by atoms with Crippen molar-refractivity contribution in [2.45, 2.75) is 56.9 Å². The SMILES string of the molecule is CNC(C)Cc1noc(C2CC2c2ccc(C3CC3C)o2)n1.Cl. The number of nitrogens with zero attached hydrogens (tertiary/aromatic N) is 2. The van der Waals surface area contributed by atoms with Gasteiger partial charge in [0, 0.05) is 30.2 Å². The molecule has 4 rings (SSSR count). The molecule has 1 N–H and O–H groups in total. The second-order valence-electron chi connectivity index (χ2n) is 6.95. The Morgan fingerprint density at radius 3 is 2.57 bits per heavy atom. The second-order valence-corrected chi connectivity index (χ2v) is 6.95. The van der Waals surface area contributed by atoms with Gasteiger partial charge in [-0.3, -0.25) is 0 Å². The molecule has 0 bridgehead atoms. The molecule has 0 radical (unpaired) electrons. The molecule has 2 aromatic heterocycles. The Balaban J connectivity index is 0.00000156. The number of hydrogen-bond donors (Lipinski definition) is 1. The first kappa shape index (κ1) is 16.5. The first-order chi connectivity index (χ1) is 10.7. The molecule has 126 valence electrons.